The highest BCUT2D eigenvalue weighted by Gasteiger charge is 2.45. The summed E-state index contributed by atoms with van der Waals surface area (Å²) in [6.45, 7) is 2.75. The maximum atomic E-state index is 14.4. The van der Waals surface area contributed by atoms with Crippen LogP contribution in [0.15, 0.2) is 24.3 Å². The third-order valence-electron chi connectivity index (χ3n) is 6.13. The van der Waals surface area contributed by atoms with Crippen molar-refractivity contribution in [1.82, 2.24) is 9.97 Å². The molecule has 1 unspecified atom stereocenters. The third-order valence-corrected chi connectivity index (χ3v) is 6.13. The van der Waals surface area contributed by atoms with Crippen LogP contribution >= 0.6 is 0 Å². The Bertz CT molecular complexity index is 930. The van der Waals surface area contributed by atoms with E-state index in [9.17, 15) is 13.2 Å². The van der Waals surface area contributed by atoms with Crippen molar-refractivity contribution in [2.45, 2.75) is 43.4 Å². The van der Waals surface area contributed by atoms with E-state index in [0.29, 0.717) is 24.5 Å². The smallest absolute Gasteiger partial charge is 0.290 e. The number of alkyl halides is 3. The van der Waals surface area contributed by atoms with E-state index in [4.69, 9.17) is 10.5 Å². The van der Waals surface area contributed by atoms with Gasteiger partial charge in [0.1, 0.15) is 11.9 Å². The third kappa shape index (κ3) is 2.54. The Morgan fingerprint density at radius 3 is 2.46 bits per heavy atom. The van der Waals surface area contributed by atoms with Crippen LogP contribution < -0.4 is 10.6 Å². The lowest BCUT2D eigenvalue weighted by Gasteiger charge is -2.42. The SMILES string of the molecule is C[C@H]1C(F)CN1c1nc(-c2ccc(C3(N)COC3)cc2)c2c(n1)C(F)(F)CC2. The van der Waals surface area contributed by atoms with Crippen LogP contribution in [0.25, 0.3) is 11.3 Å². The van der Waals surface area contributed by atoms with Crippen molar-refractivity contribution >= 4 is 5.95 Å². The summed E-state index contributed by atoms with van der Waals surface area (Å²) < 4.78 is 47.7. The van der Waals surface area contributed by atoms with Gasteiger partial charge in [-0.2, -0.15) is 8.78 Å². The molecule has 5 rings (SSSR count). The molecule has 1 aliphatic carbocycles. The lowest BCUT2D eigenvalue weighted by Crippen LogP contribution is -2.57. The van der Waals surface area contributed by atoms with Crippen molar-refractivity contribution in [2.24, 2.45) is 5.73 Å². The van der Waals surface area contributed by atoms with E-state index in [1.165, 1.54) is 0 Å². The molecular weight excluding hydrogens is 369 g/mol. The number of nitrogens with two attached hydrogens (primary N) is 1. The second-order valence-corrected chi connectivity index (χ2v) is 8.04. The van der Waals surface area contributed by atoms with Gasteiger partial charge in [0.15, 0.2) is 0 Å². The summed E-state index contributed by atoms with van der Waals surface area (Å²) in [6, 6.07) is 7.07. The van der Waals surface area contributed by atoms with Crippen LogP contribution in [0.5, 0.6) is 0 Å². The van der Waals surface area contributed by atoms with Crippen LogP contribution in [-0.2, 0) is 22.6 Å². The molecule has 8 heteroatoms. The number of ether oxygens (including phenoxy) is 1. The van der Waals surface area contributed by atoms with Crippen molar-refractivity contribution in [3.05, 3.63) is 41.1 Å². The normalized spacial score (nSPS) is 27.1. The van der Waals surface area contributed by atoms with Gasteiger partial charge < -0.3 is 15.4 Å². The average molecular weight is 390 g/mol. The summed E-state index contributed by atoms with van der Waals surface area (Å²) in [5, 5.41) is 0. The van der Waals surface area contributed by atoms with E-state index in [1.54, 1.807) is 11.8 Å². The van der Waals surface area contributed by atoms with Gasteiger partial charge in [-0.25, -0.2) is 14.4 Å². The van der Waals surface area contributed by atoms with Crippen molar-refractivity contribution in [1.29, 1.82) is 0 Å². The fourth-order valence-electron chi connectivity index (χ4n) is 4.06. The molecular formula is C20H21F3N4O. The zero-order valence-electron chi connectivity index (χ0n) is 15.5. The fraction of sp³-hybridized carbons (Fsp3) is 0.500. The number of nitrogens with zero attached hydrogens (tertiary/aromatic N) is 3. The molecule has 1 aromatic heterocycles. The van der Waals surface area contributed by atoms with Crippen molar-refractivity contribution < 1.29 is 17.9 Å². The molecule has 2 N–H and O–H groups in total. The van der Waals surface area contributed by atoms with Gasteiger partial charge in [0.05, 0.1) is 37.0 Å². The highest BCUT2D eigenvalue weighted by molar-refractivity contribution is 5.68. The summed E-state index contributed by atoms with van der Waals surface area (Å²) >= 11 is 0. The lowest BCUT2D eigenvalue weighted by molar-refractivity contribution is -0.0569. The maximum Gasteiger partial charge on any atom is 0.290 e. The molecule has 3 aliphatic rings. The van der Waals surface area contributed by atoms with Crippen molar-refractivity contribution in [2.75, 3.05) is 24.7 Å². The Hall–Kier alpha value is -2.19. The molecule has 5 nitrogen and oxygen atoms in total. The molecule has 0 radical (unpaired) electrons. The van der Waals surface area contributed by atoms with Crippen LogP contribution in [0.1, 0.15) is 30.2 Å². The van der Waals surface area contributed by atoms with E-state index >= 15 is 0 Å². The standard InChI is InChI=1S/C20H21F3N4O/c1-11-15(21)8-27(11)18-25-16(14-6-7-20(22,23)17(14)26-18)12-2-4-13(5-3-12)19(24)9-28-10-19/h2-5,11,15H,6-10,24H2,1H3/t11-,15?/m0/s1. The monoisotopic (exact) mass is 390 g/mol. The molecule has 2 aromatic rings. The van der Waals surface area contributed by atoms with Crippen LogP contribution in [0.2, 0.25) is 0 Å². The van der Waals surface area contributed by atoms with Gasteiger partial charge >= 0.3 is 0 Å². The molecule has 0 bridgehead atoms. The van der Waals surface area contributed by atoms with Crippen LogP contribution in [0.3, 0.4) is 0 Å². The summed E-state index contributed by atoms with van der Waals surface area (Å²) in [5.41, 5.74) is 8.18. The van der Waals surface area contributed by atoms with E-state index in [1.807, 2.05) is 24.3 Å². The van der Waals surface area contributed by atoms with Crippen molar-refractivity contribution in [3.8, 4) is 11.3 Å². The molecule has 3 heterocycles. The number of anilines is 1. The number of benzene rings is 1. The number of rotatable bonds is 3. The first kappa shape index (κ1) is 17.9. The minimum atomic E-state index is -2.99. The van der Waals surface area contributed by atoms with Gasteiger partial charge in [-0.1, -0.05) is 24.3 Å². The maximum absolute atomic E-state index is 14.4. The predicted molar refractivity (Wildman–Crippen MR) is 98.1 cm³/mol. The summed E-state index contributed by atoms with van der Waals surface area (Å²) in [4.78, 5) is 10.3. The lowest BCUT2D eigenvalue weighted by atomic mass is 9.88. The van der Waals surface area contributed by atoms with Gasteiger partial charge in [0.2, 0.25) is 5.95 Å². The number of hydrogen-bond donors (Lipinski definition) is 1. The number of halogens is 3. The zero-order valence-corrected chi connectivity index (χ0v) is 15.5. The first-order valence-electron chi connectivity index (χ1n) is 9.46. The Morgan fingerprint density at radius 2 is 1.89 bits per heavy atom. The van der Waals surface area contributed by atoms with Gasteiger partial charge in [-0.3, -0.25) is 0 Å². The van der Waals surface area contributed by atoms with Crippen molar-refractivity contribution in [3.63, 3.8) is 0 Å². The first-order valence-corrected chi connectivity index (χ1v) is 9.46. The second kappa shape index (κ2) is 5.90. The van der Waals surface area contributed by atoms with Crippen LogP contribution in [0.4, 0.5) is 19.1 Å². The number of hydrogen-bond acceptors (Lipinski definition) is 5. The largest absolute Gasteiger partial charge is 0.377 e. The molecule has 28 heavy (non-hydrogen) atoms. The Balaban J connectivity index is 1.58. The summed E-state index contributed by atoms with van der Waals surface area (Å²) in [6.07, 6.45) is -1.06. The molecule has 148 valence electrons. The quantitative estimate of drug-likeness (QED) is 0.873. The molecule has 1 aromatic carbocycles. The molecule has 0 spiro atoms. The van der Waals surface area contributed by atoms with Crippen LogP contribution in [-0.4, -0.2) is 41.9 Å². The van der Waals surface area contributed by atoms with Crippen LogP contribution in [0, 0.1) is 0 Å². The van der Waals surface area contributed by atoms with Gasteiger partial charge in [-0.05, 0) is 18.9 Å². The average Bonchev–Trinajstić information content (AvgIpc) is 2.98. The molecule has 2 atom stereocenters. The molecule has 2 aliphatic heterocycles. The van der Waals surface area contributed by atoms with Gasteiger partial charge in [-0.15, -0.1) is 0 Å². The highest BCUT2D eigenvalue weighted by Crippen LogP contribution is 2.45. The van der Waals surface area contributed by atoms with Gasteiger partial charge in [0, 0.05) is 17.5 Å². The zero-order chi connectivity index (χ0) is 19.7. The molecule has 2 saturated heterocycles. The Morgan fingerprint density at radius 1 is 1.18 bits per heavy atom. The highest BCUT2D eigenvalue weighted by atomic mass is 19.3. The Labute approximate surface area is 160 Å². The second-order valence-electron chi connectivity index (χ2n) is 8.04. The Kier molecular flexibility index (Phi) is 3.77. The first-order chi connectivity index (χ1) is 13.3. The van der Waals surface area contributed by atoms with E-state index < -0.39 is 23.7 Å². The number of fused-ring (bicyclic) bond motifs is 1. The minimum Gasteiger partial charge on any atom is -0.377 e. The fourth-order valence-corrected chi connectivity index (χ4v) is 4.06. The predicted octanol–water partition coefficient (Wildman–Crippen LogP) is 2.91. The minimum absolute atomic E-state index is 0.125. The summed E-state index contributed by atoms with van der Waals surface area (Å²) in [5.74, 6) is -2.82. The van der Waals surface area contributed by atoms with Gasteiger partial charge in [0.25, 0.3) is 5.92 Å². The summed E-state index contributed by atoms with van der Waals surface area (Å²) in [7, 11) is 0. The molecule has 0 amide bonds. The topological polar surface area (TPSA) is 64.3 Å². The van der Waals surface area contributed by atoms with E-state index in [-0.39, 0.29) is 31.0 Å². The van der Waals surface area contributed by atoms with E-state index in [2.05, 4.69) is 9.97 Å². The molecule has 2 fully saturated rings. The number of aromatic nitrogens is 2. The molecule has 0 saturated carbocycles. The van der Waals surface area contributed by atoms with E-state index in [0.717, 1.165) is 11.1 Å².